The van der Waals surface area contributed by atoms with Crippen LogP contribution in [-0.4, -0.2) is 75.2 Å². The van der Waals surface area contributed by atoms with Crippen LogP contribution in [0.2, 0.25) is 0 Å². The summed E-state index contributed by atoms with van der Waals surface area (Å²) in [5, 5.41) is 24.3. The molecule has 0 aliphatic carbocycles. The van der Waals surface area contributed by atoms with E-state index in [0.29, 0.717) is 23.5 Å². The van der Waals surface area contributed by atoms with Crippen LogP contribution in [0.5, 0.6) is 0 Å². The number of fused-ring (bicyclic) bond motifs is 1. The Kier molecular flexibility index (Phi) is 8.16. The summed E-state index contributed by atoms with van der Waals surface area (Å²) in [5.41, 5.74) is 3.90. The van der Waals surface area contributed by atoms with Crippen LogP contribution in [0.15, 0.2) is 67.3 Å². The molecule has 2 aromatic heterocycles. The number of hydrogen-bond acceptors (Lipinski definition) is 10. The third-order valence-electron chi connectivity index (χ3n) is 6.29. The number of hydrogen-bond donors (Lipinski definition) is 6. The lowest BCUT2D eigenvalue weighted by Crippen LogP contribution is -2.33. The van der Waals surface area contributed by atoms with Crippen molar-refractivity contribution in [2.45, 2.75) is 31.1 Å². The van der Waals surface area contributed by atoms with Crippen LogP contribution in [0, 0.1) is 0 Å². The fourth-order valence-corrected chi connectivity index (χ4v) is 6.93. The molecule has 1 fully saturated rings. The van der Waals surface area contributed by atoms with E-state index >= 15 is 0 Å². The zero-order valence-corrected chi connectivity index (χ0v) is 22.6. The Morgan fingerprint density at radius 1 is 0.925 bits per heavy atom. The third-order valence-corrected chi connectivity index (χ3v) is 9.75. The summed E-state index contributed by atoms with van der Waals surface area (Å²) in [7, 11) is -9.50. The number of aliphatic hydroxyl groups excluding tert-OH is 2. The van der Waals surface area contributed by atoms with E-state index in [1.807, 2.05) is 54.6 Å². The molecular formula is C24H27N5O9P2. The van der Waals surface area contributed by atoms with E-state index in [1.165, 1.54) is 17.2 Å². The van der Waals surface area contributed by atoms with E-state index in [2.05, 4.69) is 20.3 Å². The zero-order chi connectivity index (χ0) is 28.5. The Balaban J connectivity index is 1.27. The second kappa shape index (κ2) is 11.5. The van der Waals surface area contributed by atoms with Crippen LogP contribution in [0.1, 0.15) is 11.8 Å². The molecule has 1 saturated heterocycles. The molecule has 40 heavy (non-hydrogen) atoms. The van der Waals surface area contributed by atoms with Gasteiger partial charge >= 0.3 is 15.2 Å². The van der Waals surface area contributed by atoms with Crippen LogP contribution < -0.4 is 5.32 Å². The van der Waals surface area contributed by atoms with E-state index in [-0.39, 0.29) is 0 Å². The first-order valence-electron chi connectivity index (χ1n) is 12.1. The molecular weight excluding hydrogens is 564 g/mol. The molecule has 1 aliphatic rings. The highest BCUT2D eigenvalue weighted by atomic mass is 31.2. The first-order valence-corrected chi connectivity index (χ1v) is 15.6. The highest BCUT2D eigenvalue weighted by Crippen LogP contribution is 2.55. The summed E-state index contributed by atoms with van der Waals surface area (Å²) in [6.45, 7) is -0.245. The number of benzene rings is 2. The first-order chi connectivity index (χ1) is 19.0. The van der Waals surface area contributed by atoms with E-state index in [0.717, 1.165) is 16.7 Å². The van der Waals surface area contributed by atoms with E-state index < -0.39 is 52.2 Å². The van der Waals surface area contributed by atoms with Gasteiger partial charge in [-0.05, 0) is 16.7 Å². The summed E-state index contributed by atoms with van der Waals surface area (Å²) < 4.78 is 34.8. The SMILES string of the molecule is O=P(O)(O)CP(=O)(O)OC[C@H]1O[C@@H](n2cnc3c(NCc4ccc(-c5ccccc5)cc4)ncnc32)[C@H](O)[C@@H]1O. The van der Waals surface area contributed by atoms with Gasteiger partial charge in [-0.25, -0.2) is 15.0 Å². The lowest BCUT2D eigenvalue weighted by atomic mass is 10.0. The molecule has 212 valence electrons. The summed E-state index contributed by atoms with van der Waals surface area (Å²) in [4.78, 5) is 40.4. The number of rotatable bonds is 10. The molecule has 0 saturated carbocycles. The van der Waals surface area contributed by atoms with Gasteiger partial charge in [0, 0.05) is 6.54 Å². The van der Waals surface area contributed by atoms with Crippen molar-refractivity contribution in [3.63, 3.8) is 0 Å². The highest BCUT2D eigenvalue weighted by Gasteiger charge is 2.45. The molecule has 4 aromatic rings. The Morgan fingerprint density at radius 3 is 2.33 bits per heavy atom. The standard InChI is InChI=1S/C24H27N5O9P2/c30-20-18(11-37-40(35,36)14-39(32,33)34)38-24(21(20)31)29-13-28-19-22(26-12-27-23(19)29)25-10-15-6-8-17(9-7-15)16-4-2-1-3-5-16/h1-9,12-13,18,20-21,24,30-31H,10-11,14H2,(H,35,36)(H,25,26,27)(H2,32,33,34)/t18-,20-,21-,24-/m1/s1. The molecule has 3 heterocycles. The van der Waals surface area contributed by atoms with Gasteiger partial charge in [0.05, 0.1) is 12.9 Å². The minimum atomic E-state index is -4.82. The molecule has 5 rings (SSSR count). The van der Waals surface area contributed by atoms with Crippen LogP contribution in [-0.2, 0) is 24.9 Å². The van der Waals surface area contributed by atoms with Crippen LogP contribution in [0.25, 0.3) is 22.3 Å². The van der Waals surface area contributed by atoms with Crippen molar-refractivity contribution in [1.29, 1.82) is 0 Å². The number of aromatic nitrogens is 4. The molecule has 6 N–H and O–H groups in total. The lowest BCUT2D eigenvalue weighted by molar-refractivity contribution is -0.0483. The molecule has 0 radical (unpaired) electrons. The minimum Gasteiger partial charge on any atom is -0.387 e. The van der Waals surface area contributed by atoms with Gasteiger partial charge in [0.1, 0.15) is 24.6 Å². The molecule has 2 aromatic carbocycles. The normalized spacial score (nSPS) is 22.8. The van der Waals surface area contributed by atoms with Gasteiger partial charge in [-0.3, -0.25) is 13.7 Å². The molecule has 0 bridgehead atoms. The zero-order valence-electron chi connectivity index (χ0n) is 20.8. The average molecular weight is 591 g/mol. The number of nitrogens with zero attached hydrogens (tertiary/aromatic N) is 4. The minimum absolute atomic E-state index is 0.295. The van der Waals surface area contributed by atoms with Crippen LogP contribution in [0.4, 0.5) is 5.82 Å². The number of nitrogens with one attached hydrogen (secondary N) is 1. The van der Waals surface area contributed by atoms with Gasteiger partial charge in [-0.2, -0.15) is 0 Å². The maximum absolute atomic E-state index is 11.9. The fourth-order valence-electron chi connectivity index (χ4n) is 4.36. The second-order valence-electron chi connectivity index (χ2n) is 9.25. The van der Waals surface area contributed by atoms with Crippen molar-refractivity contribution in [2.75, 3.05) is 17.8 Å². The monoisotopic (exact) mass is 591 g/mol. The molecule has 0 amide bonds. The van der Waals surface area contributed by atoms with Gasteiger partial charge < -0.3 is 39.5 Å². The second-order valence-corrected chi connectivity index (χ2v) is 13.2. The van der Waals surface area contributed by atoms with Gasteiger partial charge in [-0.15, -0.1) is 0 Å². The highest BCUT2D eigenvalue weighted by molar-refractivity contribution is 7.70. The molecule has 1 aliphatic heterocycles. The molecule has 16 heteroatoms. The van der Waals surface area contributed by atoms with Crippen LogP contribution in [0.3, 0.4) is 0 Å². The van der Waals surface area contributed by atoms with Gasteiger partial charge in [-0.1, -0.05) is 54.6 Å². The Bertz CT molecular complexity index is 1560. The van der Waals surface area contributed by atoms with Crippen molar-refractivity contribution >= 4 is 32.2 Å². The number of anilines is 1. The summed E-state index contributed by atoms with van der Waals surface area (Å²) in [6, 6.07) is 18.1. The van der Waals surface area contributed by atoms with E-state index in [9.17, 15) is 24.2 Å². The number of ether oxygens (including phenoxy) is 1. The Labute approximate surface area is 228 Å². The first kappa shape index (κ1) is 28.5. The predicted octanol–water partition coefficient (Wildman–Crippen LogP) is 2.06. The molecule has 1 unspecified atom stereocenters. The number of imidazole rings is 1. The summed E-state index contributed by atoms with van der Waals surface area (Å²) in [5.74, 6) is -0.951. The summed E-state index contributed by atoms with van der Waals surface area (Å²) in [6.07, 6.45) is -2.80. The van der Waals surface area contributed by atoms with Gasteiger partial charge in [0.15, 0.2) is 29.1 Å². The van der Waals surface area contributed by atoms with Crippen molar-refractivity contribution < 1.29 is 43.3 Å². The van der Waals surface area contributed by atoms with Crippen molar-refractivity contribution in [2.24, 2.45) is 0 Å². The van der Waals surface area contributed by atoms with Gasteiger partial charge in [0.25, 0.3) is 0 Å². The van der Waals surface area contributed by atoms with Crippen molar-refractivity contribution in [3.05, 3.63) is 72.8 Å². The lowest BCUT2D eigenvalue weighted by Gasteiger charge is -2.18. The summed E-state index contributed by atoms with van der Waals surface area (Å²) >= 11 is 0. The topological polar surface area (TPSA) is 209 Å². The largest absolute Gasteiger partial charge is 0.387 e. The van der Waals surface area contributed by atoms with Crippen molar-refractivity contribution in [3.8, 4) is 11.1 Å². The number of aliphatic hydroxyl groups is 2. The Morgan fingerprint density at radius 2 is 1.62 bits per heavy atom. The molecule has 0 spiro atoms. The van der Waals surface area contributed by atoms with Gasteiger partial charge in [0.2, 0.25) is 0 Å². The van der Waals surface area contributed by atoms with E-state index in [4.69, 9.17) is 19.0 Å². The third kappa shape index (κ3) is 6.47. The Hall–Kier alpha value is -3.03. The predicted molar refractivity (Wildman–Crippen MR) is 143 cm³/mol. The maximum atomic E-state index is 11.9. The van der Waals surface area contributed by atoms with Crippen LogP contribution >= 0.6 is 15.2 Å². The van der Waals surface area contributed by atoms with E-state index in [1.54, 1.807) is 0 Å². The molecule has 5 atom stereocenters. The average Bonchev–Trinajstić information content (AvgIpc) is 3.47. The fraction of sp³-hybridized carbons (Fsp3) is 0.292. The molecule has 14 nitrogen and oxygen atoms in total. The van der Waals surface area contributed by atoms with Crippen molar-refractivity contribution in [1.82, 2.24) is 19.5 Å². The maximum Gasteiger partial charge on any atom is 0.340 e. The smallest absolute Gasteiger partial charge is 0.340 e. The quantitative estimate of drug-likeness (QED) is 0.146.